The number of aromatic hydroxyl groups is 1. The highest BCUT2D eigenvalue weighted by atomic mass is 35.5. The van der Waals surface area contributed by atoms with Crippen LogP contribution in [0.1, 0.15) is 16.1 Å². The molecule has 1 N–H and O–H groups in total. The molecule has 3 rings (SSSR count). The minimum absolute atomic E-state index is 0.0558. The minimum Gasteiger partial charge on any atom is -0.506 e. The summed E-state index contributed by atoms with van der Waals surface area (Å²) in [6, 6.07) is 15.8. The Balaban J connectivity index is 1.99. The fourth-order valence-corrected chi connectivity index (χ4v) is 2.42. The average molecular weight is 298 g/mol. The Labute approximate surface area is 126 Å². The maximum atomic E-state index is 12.2. The standard InChI is InChI=1S/C17H12ClNO2/c18-13-9-12-7-4-8-15(20)17(12)19-14(13)10-16(21)11-5-2-1-3-6-11/h1-9,20H,10H2. The molecule has 1 heterocycles. The Hall–Kier alpha value is -2.39. The monoisotopic (exact) mass is 297 g/mol. The van der Waals surface area contributed by atoms with Gasteiger partial charge in [-0.3, -0.25) is 4.79 Å². The lowest BCUT2D eigenvalue weighted by Crippen LogP contribution is -2.05. The van der Waals surface area contributed by atoms with Crippen LogP contribution in [0, 0.1) is 0 Å². The summed E-state index contributed by atoms with van der Waals surface area (Å²) in [5, 5.41) is 11.0. The van der Waals surface area contributed by atoms with Crippen molar-refractivity contribution < 1.29 is 9.90 Å². The van der Waals surface area contributed by atoms with Gasteiger partial charge in [-0.2, -0.15) is 0 Å². The number of fused-ring (bicyclic) bond motifs is 1. The molecule has 4 heteroatoms. The van der Waals surface area contributed by atoms with E-state index in [0.717, 1.165) is 5.39 Å². The fraction of sp³-hybridized carbons (Fsp3) is 0.0588. The topological polar surface area (TPSA) is 50.2 Å². The van der Waals surface area contributed by atoms with E-state index in [4.69, 9.17) is 11.6 Å². The normalized spacial score (nSPS) is 10.7. The van der Waals surface area contributed by atoms with E-state index in [1.165, 1.54) is 0 Å². The summed E-state index contributed by atoms with van der Waals surface area (Å²) in [5.41, 5.74) is 1.55. The summed E-state index contributed by atoms with van der Waals surface area (Å²) in [5.74, 6) is 0.0253. The molecule has 0 aliphatic carbocycles. The molecule has 3 aromatic rings. The van der Waals surface area contributed by atoms with E-state index in [1.54, 1.807) is 30.3 Å². The highest BCUT2D eigenvalue weighted by Gasteiger charge is 2.13. The zero-order valence-electron chi connectivity index (χ0n) is 11.1. The van der Waals surface area contributed by atoms with E-state index in [0.29, 0.717) is 21.8 Å². The number of rotatable bonds is 3. The summed E-state index contributed by atoms with van der Waals surface area (Å²) in [6.45, 7) is 0. The number of ketones is 1. The van der Waals surface area contributed by atoms with Crippen LogP contribution < -0.4 is 0 Å². The molecule has 0 saturated carbocycles. The Bertz CT molecular complexity index is 816. The summed E-state index contributed by atoms with van der Waals surface area (Å²) in [6.07, 6.45) is 0.104. The Morgan fingerprint density at radius 1 is 1.10 bits per heavy atom. The van der Waals surface area contributed by atoms with E-state index in [9.17, 15) is 9.90 Å². The minimum atomic E-state index is -0.0558. The van der Waals surface area contributed by atoms with E-state index in [-0.39, 0.29) is 18.0 Å². The Kier molecular flexibility index (Phi) is 3.59. The number of halogens is 1. The highest BCUT2D eigenvalue weighted by Crippen LogP contribution is 2.27. The molecule has 104 valence electrons. The molecule has 2 aromatic carbocycles. The number of pyridine rings is 1. The number of carbonyl (C=O) groups excluding carboxylic acids is 1. The van der Waals surface area contributed by atoms with Gasteiger partial charge in [0.15, 0.2) is 5.78 Å². The van der Waals surface area contributed by atoms with Crippen molar-refractivity contribution in [2.24, 2.45) is 0 Å². The van der Waals surface area contributed by atoms with Crippen LogP contribution in [-0.4, -0.2) is 15.9 Å². The van der Waals surface area contributed by atoms with Crippen LogP contribution in [0.25, 0.3) is 10.9 Å². The Morgan fingerprint density at radius 2 is 1.86 bits per heavy atom. The van der Waals surface area contributed by atoms with E-state index in [2.05, 4.69) is 4.98 Å². The summed E-state index contributed by atoms with van der Waals surface area (Å²) in [7, 11) is 0. The maximum absolute atomic E-state index is 12.2. The molecular formula is C17H12ClNO2. The smallest absolute Gasteiger partial charge is 0.168 e. The van der Waals surface area contributed by atoms with Gasteiger partial charge in [0, 0.05) is 10.9 Å². The lowest BCUT2D eigenvalue weighted by Gasteiger charge is -2.07. The highest BCUT2D eigenvalue weighted by molar-refractivity contribution is 6.32. The van der Waals surface area contributed by atoms with Crippen molar-refractivity contribution in [1.82, 2.24) is 4.98 Å². The molecule has 0 unspecified atom stereocenters. The molecule has 0 amide bonds. The molecule has 1 aromatic heterocycles. The summed E-state index contributed by atoms with van der Waals surface area (Å²) < 4.78 is 0. The van der Waals surface area contributed by atoms with Crippen molar-refractivity contribution in [3.05, 3.63) is 70.9 Å². The number of phenols is 1. The first-order valence-corrected chi connectivity index (χ1v) is 6.88. The maximum Gasteiger partial charge on any atom is 0.168 e. The molecule has 3 nitrogen and oxygen atoms in total. The predicted molar refractivity (Wildman–Crippen MR) is 82.9 cm³/mol. The van der Waals surface area contributed by atoms with Crippen molar-refractivity contribution >= 4 is 28.3 Å². The number of nitrogens with zero attached hydrogens (tertiary/aromatic N) is 1. The molecule has 0 spiro atoms. The van der Waals surface area contributed by atoms with Crippen LogP contribution in [0.2, 0.25) is 5.02 Å². The zero-order chi connectivity index (χ0) is 14.8. The number of aromatic nitrogens is 1. The second-order valence-electron chi connectivity index (χ2n) is 4.73. The van der Waals surface area contributed by atoms with Crippen LogP contribution in [0.4, 0.5) is 0 Å². The van der Waals surface area contributed by atoms with Crippen LogP contribution in [0.15, 0.2) is 54.6 Å². The van der Waals surface area contributed by atoms with Gasteiger partial charge in [0.25, 0.3) is 0 Å². The van der Waals surface area contributed by atoms with Gasteiger partial charge in [0.05, 0.1) is 17.1 Å². The van der Waals surface area contributed by atoms with Crippen molar-refractivity contribution in [2.75, 3.05) is 0 Å². The number of hydrogen-bond acceptors (Lipinski definition) is 3. The van der Waals surface area contributed by atoms with E-state index < -0.39 is 0 Å². The lowest BCUT2D eigenvalue weighted by molar-refractivity contribution is 0.0992. The molecule has 0 saturated heterocycles. The SMILES string of the molecule is O=C(Cc1nc2c(O)cccc2cc1Cl)c1ccccc1. The average Bonchev–Trinajstić information content (AvgIpc) is 2.50. The first-order chi connectivity index (χ1) is 10.1. The van der Waals surface area contributed by atoms with Gasteiger partial charge in [0.2, 0.25) is 0 Å². The molecule has 0 fully saturated rings. The van der Waals surface area contributed by atoms with Gasteiger partial charge in [-0.25, -0.2) is 4.98 Å². The number of carbonyl (C=O) groups is 1. The van der Waals surface area contributed by atoms with Crippen LogP contribution in [0.3, 0.4) is 0 Å². The van der Waals surface area contributed by atoms with Crippen molar-refractivity contribution in [3.8, 4) is 5.75 Å². The summed E-state index contributed by atoms with van der Waals surface area (Å²) in [4.78, 5) is 16.6. The molecular weight excluding hydrogens is 286 g/mol. The van der Waals surface area contributed by atoms with Crippen molar-refractivity contribution in [3.63, 3.8) is 0 Å². The molecule has 21 heavy (non-hydrogen) atoms. The van der Waals surface area contributed by atoms with Gasteiger partial charge in [-0.05, 0) is 12.1 Å². The largest absolute Gasteiger partial charge is 0.506 e. The third kappa shape index (κ3) is 2.73. The molecule has 0 bridgehead atoms. The second-order valence-corrected chi connectivity index (χ2v) is 5.14. The van der Waals surface area contributed by atoms with Gasteiger partial charge >= 0.3 is 0 Å². The molecule has 0 aliphatic rings. The number of hydrogen-bond donors (Lipinski definition) is 1. The van der Waals surface area contributed by atoms with Gasteiger partial charge in [-0.1, -0.05) is 54.1 Å². The molecule has 0 aliphatic heterocycles. The van der Waals surface area contributed by atoms with Gasteiger partial charge in [0.1, 0.15) is 11.3 Å². The summed E-state index contributed by atoms with van der Waals surface area (Å²) >= 11 is 6.19. The van der Waals surface area contributed by atoms with Crippen LogP contribution >= 0.6 is 11.6 Å². The van der Waals surface area contributed by atoms with Crippen LogP contribution in [-0.2, 0) is 6.42 Å². The van der Waals surface area contributed by atoms with Gasteiger partial charge in [-0.15, -0.1) is 0 Å². The van der Waals surface area contributed by atoms with Crippen molar-refractivity contribution in [2.45, 2.75) is 6.42 Å². The number of para-hydroxylation sites is 1. The second kappa shape index (κ2) is 5.54. The van der Waals surface area contributed by atoms with Gasteiger partial charge < -0.3 is 5.11 Å². The third-order valence-electron chi connectivity index (χ3n) is 3.27. The van der Waals surface area contributed by atoms with Crippen molar-refractivity contribution in [1.29, 1.82) is 0 Å². The first kappa shape index (κ1) is 13.6. The Morgan fingerprint density at radius 3 is 2.62 bits per heavy atom. The number of phenolic OH excluding ortho intramolecular Hbond substituents is 1. The quantitative estimate of drug-likeness (QED) is 0.743. The van der Waals surface area contributed by atoms with Crippen LogP contribution in [0.5, 0.6) is 5.75 Å². The zero-order valence-corrected chi connectivity index (χ0v) is 11.8. The number of Topliss-reactive ketones (excluding diaryl/α,β-unsaturated/α-hetero) is 1. The van der Waals surface area contributed by atoms with E-state index >= 15 is 0 Å². The third-order valence-corrected chi connectivity index (χ3v) is 3.60. The fourth-order valence-electron chi connectivity index (χ4n) is 2.20. The number of benzene rings is 2. The predicted octanol–water partition coefficient (Wildman–Crippen LogP) is 4.02. The van der Waals surface area contributed by atoms with E-state index in [1.807, 2.05) is 24.3 Å². The molecule has 0 radical (unpaired) electrons. The first-order valence-electron chi connectivity index (χ1n) is 6.50. The molecule has 0 atom stereocenters. The lowest BCUT2D eigenvalue weighted by atomic mass is 10.1.